The maximum absolute atomic E-state index is 11.1. The Morgan fingerprint density at radius 3 is 2.57 bits per heavy atom. The van der Waals surface area contributed by atoms with Crippen LogP contribution in [0.25, 0.3) is 10.9 Å². The number of anilines is 2. The first kappa shape index (κ1) is 14.8. The zero-order valence-electron chi connectivity index (χ0n) is 12.7. The smallest absolute Gasteiger partial charge is 0.339 e. The molecule has 2 aromatic carbocycles. The Hall–Kier alpha value is -3.15. The van der Waals surface area contributed by atoms with Gasteiger partial charge in [0.1, 0.15) is 23.5 Å². The lowest BCUT2D eigenvalue weighted by Crippen LogP contribution is -2.00. The van der Waals surface area contributed by atoms with Crippen LogP contribution in [0.15, 0.2) is 36.7 Å². The highest BCUT2D eigenvalue weighted by molar-refractivity contribution is 5.94. The Morgan fingerprint density at radius 2 is 1.83 bits per heavy atom. The number of aromatic carboxylic acids is 1. The van der Waals surface area contributed by atoms with Crippen molar-refractivity contribution >= 4 is 28.4 Å². The van der Waals surface area contributed by atoms with E-state index in [0.717, 1.165) is 22.0 Å². The molecule has 0 saturated carbocycles. The molecule has 0 unspecified atom stereocenters. The van der Waals surface area contributed by atoms with E-state index in [1.165, 1.54) is 18.5 Å². The van der Waals surface area contributed by atoms with Crippen molar-refractivity contribution in [3.05, 3.63) is 53.3 Å². The predicted molar refractivity (Wildman–Crippen MR) is 87.4 cm³/mol. The lowest BCUT2D eigenvalue weighted by Gasteiger charge is -2.11. The summed E-state index contributed by atoms with van der Waals surface area (Å²) in [7, 11) is 0. The second kappa shape index (κ2) is 5.57. The van der Waals surface area contributed by atoms with Gasteiger partial charge in [0.15, 0.2) is 0 Å². The number of rotatable bonds is 3. The SMILES string of the molecule is Cc1cc2ncnc(Nc3ccc(O)c(C(=O)O)c3)c2cc1C. The van der Waals surface area contributed by atoms with Crippen LogP contribution in [-0.2, 0) is 0 Å². The lowest BCUT2D eigenvalue weighted by molar-refractivity contribution is 0.0694. The van der Waals surface area contributed by atoms with Crippen LogP contribution in [0.3, 0.4) is 0 Å². The number of carboxylic acid groups (broad SMARTS) is 1. The molecule has 3 aromatic rings. The van der Waals surface area contributed by atoms with E-state index in [2.05, 4.69) is 15.3 Å². The molecule has 0 aliphatic heterocycles. The van der Waals surface area contributed by atoms with Gasteiger partial charge in [-0.1, -0.05) is 0 Å². The number of carbonyl (C=O) groups is 1. The van der Waals surface area contributed by atoms with E-state index in [1.807, 2.05) is 26.0 Å². The summed E-state index contributed by atoms with van der Waals surface area (Å²) in [4.78, 5) is 19.6. The van der Waals surface area contributed by atoms with Crippen molar-refractivity contribution in [3.63, 3.8) is 0 Å². The molecule has 0 atom stereocenters. The van der Waals surface area contributed by atoms with Gasteiger partial charge in [-0.15, -0.1) is 0 Å². The van der Waals surface area contributed by atoms with Gasteiger partial charge in [0.25, 0.3) is 0 Å². The van der Waals surface area contributed by atoms with Crippen molar-refractivity contribution < 1.29 is 15.0 Å². The van der Waals surface area contributed by atoms with Crippen LogP contribution < -0.4 is 5.32 Å². The summed E-state index contributed by atoms with van der Waals surface area (Å²) in [5.41, 5.74) is 3.42. The minimum atomic E-state index is -1.19. The topological polar surface area (TPSA) is 95.3 Å². The molecule has 0 saturated heterocycles. The van der Waals surface area contributed by atoms with Crippen LogP contribution in [0.4, 0.5) is 11.5 Å². The van der Waals surface area contributed by atoms with Crippen molar-refractivity contribution in [2.45, 2.75) is 13.8 Å². The molecule has 0 fully saturated rings. The van der Waals surface area contributed by atoms with Crippen molar-refractivity contribution in [1.29, 1.82) is 0 Å². The molecule has 1 aromatic heterocycles. The number of benzene rings is 2. The van der Waals surface area contributed by atoms with E-state index >= 15 is 0 Å². The second-order valence-corrected chi connectivity index (χ2v) is 5.34. The van der Waals surface area contributed by atoms with Gasteiger partial charge < -0.3 is 15.5 Å². The average Bonchev–Trinajstić information content (AvgIpc) is 2.51. The normalized spacial score (nSPS) is 10.7. The third-order valence-electron chi connectivity index (χ3n) is 3.74. The van der Waals surface area contributed by atoms with Crippen molar-refractivity contribution in [3.8, 4) is 5.75 Å². The first-order valence-electron chi connectivity index (χ1n) is 7.01. The number of aromatic hydroxyl groups is 1. The molecular formula is C17H15N3O3. The molecule has 0 spiro atoms. The summed E-state index contributed by atoms with van der Waals surface area (Å²) < 4.78 is 0. The molecule has 3 rings (SSSR count). The number of hydrogen-bond acceptors (Lipinski definition) is 5. The molecule has 23 heavy (non-hydrogen) atoms. The number of nitrogens with one attached hydrogen (secondary N) is 1. The van der Waals surface area contributed by atoms with Gasteiger partial charge in [0.2, 0.25) is 0 Å². The summed E-state index contributed by atoms with van der Waals surface area (Å²) in [5, 5.41) is 22.6. The van der Waals surface area contributed by atoms with Gasteiger partial charge in [-0.3, -0.25) is 0 Å². The molecule has 6 heteroatoms. The fourth-order valence-electron chi connectivity index (χ4n) is 2.34. The van der Waals surface area contributed by atoms with Crippen LogP contribution in [0.2, 0.25) is 0 Å². The second-order valence-electron chi connectivity index (χ2n) is 5.34. The minimum absolute atomic E-state index is 0.166. The van der Waals surface area contributed by atoms with Crippen molar-refractivity contribution in [2.24, 2.45) is 0 Å². The highest BCUT2D eigenvalue weighted by Gasteiger charge is 2.12. The van der Waals surface area contributed by atoms with E-state index < -0.39 is 5.97 Å². The Labute approximate surface area is 132 Å². The zero-order valence-corrected chi connectivity index (χ0v) is 12.7. The number of aryl methyl sites for hydroxylation is 2. The van der Waals surface area contributed by atoms with Crippen LogP contribution in [-0.4, -0.2) is 26.2 Å². The van der Waals surface area contributed by atoms with Gasteiger partial charge in [0, 0.05) is 11.1 Å². The summed E-state index contributed by atoms with van der Waals surface area (Å²) in [6, 6.07) is 8.27. The van der Waals surface area contributed by atoms with E-state index in [-0.39, 0.29) is 11.3 Å². The number of nitrogens with zero attached hydrogens (tertiary/aromatic N) is 2. The highest BCUT2D eigenvalue weighted by Crippen LogP contribution is 2.28. The van der Waals surface area contributed by atoms with Gasteiger partial charge in [-0.2, -0.15) is 0 Å². The summed E-state index contributed by atoms with van der Waals surface area (Å²) in [6.45, 7) is 4.03. The van der Waals surface area contributed by atoms with E-state index in [9.17, 15) is 9.90 Å². The Morgan fingerprint density at radius 1 is 1.09 bits per heavy atom. The van der Waals surface area contributed by atoms with Crippen LogP contribution >= 0.6 is 0 Å². The van der Waals surface area contributed by atoms with E-state index in [4.69, 9.17) is 5.11 Å². The maximum atomic E-state index is 11.1. The Balaban J connectivity index is 2.07. The number of hydrogen-bond donors (Lipinski definition) is 3. The molecule has 116 valence electrons. The van der Waals surface area contributed by atoms with Crippen molar-refractivity contribution in [2.75, 3.05) is 5.32 Å². The fourth-order valence-corrected chi connectivity index (χ4v) is 2.34. The number of fused-ring (bicyclic) bond motifs is 1. The largest absolute Gasteiger partial charge is 0.507 e. The van der Waals surface area contributed by atoms with Gasteiger partial charge >= 0.3 is 5.97 Å². The molecule has 0 bridgehead atoms. The predicted octanol–water partition coefficient (Wildman–Crippen LogP) is 3.39. The summed E-state index contributed by atoms with van der Waals surface area (Å²) >= 11 is 0. The van der Waals surface area contributed by atoms with Crippen LogP contribution in [0.5, 0.6) is 5.75 Å². The standard InChI is InChI=1S/C17H15N3O3/c1-9-5-12-14(6-10(9)2)18-8-19-16(12)20-11-3-4-15(21)13(7-11)17(22)23/h3-8,21H,1-2H3,(H,22,23)(H,18,19,20). The first-order valence-corrected chi connectivity index (χ1v) is 7.01. The molecule has 0 aliphatic carbocycles. The quantitative estimate of drug-likeness (QED) is 0.642. The molecule has 0 radical (unpaired) electrons. The first-order chi connectivity index (χ1) is 11.0. The Kier molecular flexibility index (Phi) is 3.57. The number of phenols is 1. The third kappa shape index (κ3) is 2.78. The average molecular weight is 309 g/mol. The molecule has 0 aliphatic rings. The molecule has 1 heterocycles. The Bertz CT molecular complexity index is 922. The monoisotopic (exact) mass is 309 g/mol. The minimum Gasteiger partial charge on any atom is -0.507 e. The third-order valence-corrected chi connectivity index (χ3v) is 3.74. The maximum Gasteiger partial charge on any atom is 0.339 e. The van der Waals surface area contributed by atoms with Crippen LogP contribution in [0, 0.1) is 13.8 Å². The molecule has 0 amide bonds. The number of aromatic nitrogens is 2. The summed E-state index contributed by atoms with van der Waals surface area (Å²) in [6.07, 6.45) is 1.46. The zero-order chi connectivity index (χ0) is 16.6. The van der Waals surface area contributed by atoms with E-state index in [1.54, 1.807) is 6.07 Å². The molecule has 6 nitrogen and oxygen atoms in total. The van der Waals surface area contributed by atoms with E-state index in [0.29, 0.717) is 11.5 Å². The highest BCUT2D eigenvalue weighted by atomic mass is 16.4. The number of carboxylic acids is 1. The fraction of sp³-hybridized carbons (Fsp3) is 0.118. The van der Waals surface area contributed by atoms with Gasteiger partial charge in [-0.25, -0.2) is 14.8 Å². The summed E-state index contributed by atoms with van der Waals surface area (Å²) in [5.74, 6) is -0.882. The van der Waals surface area contributed by atoms with Gasteiger partial charge in [0.05, 0.1) is 5.52 Å². The van der Waals surface area contributed by atoms with Crippen molar-refractivity contribution in [1.82, 2.24) is 9.97 Å². The molecular weight excluding hydrogens is 294 g/mol. The lowest BCUT2D eigenvalue weighted by atomic mass is 10.1. The van der Waals surface area contributed by atoms with Crippen LogP contribution in [0.1, 0.15) is 21.5 Å². The molecule has 3 N–H and O–H groups in total. The van der Waals surface area contributed by atoms with Gasteiger partial charge in [-0.05, 0) is 55.3 Å².